The summed E-state index contributed by atoms with van der Waals surface area (Å²) in [4.78, 5) is 28.0. The molecule has 0 saturated heterocycles. The Morgan fingerprint density at radius 2 is 1.51 bits per heavy atom. The summed E-state index contributed by atoms with van der Waals surface area (Å²) in [5.41, 5.74) is 1.42. The number of likely N-dealkylation sites (N-methyl/N-ethyl adjacent to an activating group) is 1. The molecule has 0 radical (unpaired) electrons. The molecule has 0 aromatic heterocycles. The molecule has 0 heterocycles. The number of carbonyl (C=O) groups excluding carboxylic acids is 2. The Hall–Kier alpha value is -2.49. The molecule has 3 rings (SSSR count). The number of nitrogens with one attached hydrogen (secondary N) is 1. The van der Waals surface area contributed by atoms with Gasteiger partial charge in [0.1, 0.15) is 12.6 Å². The van der Waals surface area contributed by atoms with Crippen LogP contribution in [0.3, 0.4) is 0 Å². The number of benzene rings is 3. The fraction of sp³-hybridized carbons (Fsp3) is 0.259. The molecule has 208 valence electrons. The Morgan fingerprint density at radius 1 is 0.897 bits per heavy atom. The summed E-state index contributed by atoms with van der Waals surface area (Å²) >= 11 is 25.1. The maximum absolute atomic E-state index is 14.0. The number of nitrogens with zero attached hydrogens (tertiary/aromatic N) is 2. The predicted octanol–water partition coefficient (Wildman–Crippen LogP) is 6.36. The average molecular weight is 631 g/mol. The maximum atomic E-state index is 14.0. The summed E-state index contributed by atoms with van der Waals surface area (Å²) in [6, 6.07) is 14.5. The molecule has 7 nitrogen and oxygen atoms in total. The number of rotatable bonds is 10. The second-order valence-corrected chi connectivity index (χ2v) is 12.2. The van der Waals surface area contributed by atoms with E-state index in [0.29, 0.717) is 15.6 Å². The highest BCUT2D eigenvalue weighted by Crippen LogP contribution is 2.32. The van der Waals surface area contributed by atoms with Crippen LogP contribution in [0.1, 0.15) is 24.5 Å². The van der Waals surface area contributed by atoms with E-state index in [4.69, 9.17) is 46.4 Å². The van der Waals surface area contributed by atoms with Gasteiger partial charge in [-0.15, -0.1) is 0 Å². The highest BCUT2D eigenvalue weighted by Gasteiger charge is 2.34. The van der Waals surface area contributed by atoms with Crippen molar-refractivity contribution in [3.8, 4) is 0 Å². The van der Waals surface area contributed by atoms with Gasteiger partial charge in [0.05, 0.1) is 20.6 Å². The van der Waals surface area contributed by atoms with Gasteiger partial charge in [-0.25, -0.2) is 8.42 Å². The first-order valence-corrected chi connectivity index (χ1v) is 14.8. The number of carbonyl (C=O) groups is 2. The highest BCUT2D eigenvalue weighted by molar-refractivity contribution is 7.92. The standard InChI is InChI=1S/C27H27Cl4N3O4S/c1-4-25(27(36)32-3)33(15-20-21(28)6-5-7-22(20)29)26(35)16-34(18-10-13-23(30)24(31)14-18)39(37,38)19-11-8-17(2)9-12-19/h5-14,25H,4,15-16H2,1-3H3,(H,32,36)/t25-/m0/s1. The molecule has 0 aliphatic carbocycles. The van der Waals surface area contributed by atoms with Crippen LogP contribution in [0.15, 0.2) is 65.6 Å². The van der Waals surface area contributed by atoms with Crippen molar-refractivity contribution < 1.29 is 18.0 Å². The van der Waals surface area contributed by atoms with Crippen LogP contribution in [0.5, 0.6) is 0 Å². The van der Waals surface area contributed by atoms with Gasteiger partial charge in [0.25, 0.3) is 10.0 Å². The van der Waals surface area contributed by atoms with Gasteiger partial charge in [-0.05, 0) is 55.8 Å². The third-order valence-corrected chi connectivity index (χ3v) is 9.34. The molecule has 0 aliphatic heterocycles. The van der Waals surface area contributed by atoms with Crippen molar-refractivity contribution in [1.82, 2.24) is 10.2 Å². The van der Waals surface area contributed by atoms with Gasteiger partial charge in [-0.1, -0.05) is 77.1 Å². The smallest absolute Gasteiger partial charge is 0.264 e. The van der Waals surface area contributed by atoms with Crippen molar-refractivity contribution in [2.24, 2.45) is 0 Å². The summed E-state index contributed by atoms with van der Waals surface area (Å²) < 4.78 is 28.6. The first-order valence-electron chi connectivity index (χ1n) is 11.9. The SMILES string of the molecule is CC[C@@H](C(=O)NC)N(Cc1c(Cl)cccc1Cl)C(=O)CN(c1ccc(Cl)c(Cl)c1)S(=O)(=O)c1ccc(C)cc1. The number of aryl methyl sites for hydroxylation is 1. The van der Waals surface area contributed by atoms with Crippen LogP contribution in [0.4, 0.5) is 5.69 Å². The first-order chi connectivity index (χ1) is 18.4. The molecule has 0 fully saturated rings. The number of hydrogen-bond acceptors (Lipinski definition) is 4. The summed E-state index contributed by atoms with van der Waals surface area (Å²) in [5, 5.41) is 3.51. The molecule has 1 atom stereocenters. The van der Waals surface area contributed by atoms with Crippen molar-refractivity contribution in [3.05, 3.63) is 91.9 Å². The number of anilines is 1. The van der Waals surface area contributed by atoms with E-state index in [2.05, 4.69) is 5.32 Å². The quantitative estimate of drug-likeness (QED) is 0.283. The lowest BCUT2D eigenvalue weighted by Crippen LogP contribution is -2.51. The fourth-order valence-corrected chi connectivity index (χ4v) is 6.16. The normalized spacial score (nSPS) is 12.1. The number of hydrogen-bond donors (Lipinski definition) is 1. The van der Waals surface area contributed by atoms with Crippen molar-refractivity contribution in [2.75, 3.05) is 17.9 Å². The lowest BCUT2D eigenvalue weighted by atomic mass is 10.1. The number of halogens is 4. The molecule has 0 spiro atoms. The molecule has 0 aliphatic rings. The van der Waals surface area contributed by atoms with E-state index in [-0.39, 0.29) is 33.6 Å². The van der Waals surface area contributed by atoms with Gasteiger partial charge >= 0.3 is 0 Å². The van der Waals surface area contributed by atoms with E-state index in [1.807, 2.05) is 6.92 Å². The zero-order valence-corrected chi connectivity index (χ0v) is 25.3. The van der Waals surface area contributed by atoms with Gasteiger partial charge in [0.15, 0.2) is 0 Å². The van der Waals surface area contributed by atoms with Crippen LogP contribution in [-0.2, 0) is 26.2 Å². The lowest BCUT2D eigenvalue weighted by Gasteiger charge is -2.33. The van der Waals surface area contributed by atoms with E-state index in [1.165, 1.54) is 42.3 Å². The first kappa shape index (κ1) is 31.0. The lowest BCUT2D eigenvalue weighted by molar-refractivity contribution is -0.140. The minimum atomic E-state index is -4.25. The summed E-state index contributed by atoms with van der Waals surface area (Å²) in [5.74, 6) is -1.07. The van der Waals surface area contributed by atoms with Gasteiger partial charge in [-0.3, -0.25) is 13.9 Å². The topological polar surface area (TPSA) is 86.8 Å². The average Bonchev–Trinajstić information content (AvgIpc) is 2.90. The molecule has 39 heavy (non-hydrogen) atoms. The van der Waals surface area contributed by atoms with E-state index < -0.39 is 34.4 Å². The van der Waals surface area contributed by atoms with E-state index in [9.17, 15) is 18.0 Å². The van der Waals surface area contributed by atoms with Gasteiger partial charge in [-0.2, -0.15) is 0 Å². The third kappa shape index (κ3) is 7.18. The molecule has 3 aromatic carbocycles. The molecule has 0 bridgehead atoms. The van der Waals surface area contributed by atoms with Gasteiger partial charge < -0.3 is 10.2 Å². The van der Waals surface area contributed by atoms with E-state index >= 15 is 0 Å². The van der Waals surface area contributed by atoms with Crippen LogP contribution in [0, 0.1) is 6.92 Å². The van der Waals surface area contributed by atoms with Crippen molar-refractivity contribution >= 4 is 73.9 Å². The second kappa shape index (κ2) is 13.2. The Labute approximate surface area is 248 Å². The minimum absolute atomic E-state index is 0.0222. The molecular formula is C27H27Cl4N3O4S. The van der Waals surface area contributed by atoms with E-state index in [0.717, 1.165) is 9.87 Å². The molecule has 3 aromatic rings. The van der Waals surface area contributed by atoms with Crippen LogP contribution < -0.4 is 9.62 Å². The Balaban J connectivity index is 2.12. The van der Waals surface area contributed by atoms with Crippen LogP contribution in [-0.4, -0.2) is 44.8 Å². The molecule has 12 heteroatoms. The monoisotopic (exact) mass is 629 g/mol. The zero-order chi connectivity index (χ0) is 28.9. The maximum Gasteiger partial charge on any atom is 0.264 e. The third-order valence-electron chi connectivity index (χ3n) is 6.10. The van der Waals surface area contributed by atoms with Crippen LogP contribution in [0.2, 0.25) is 20.1 Å². The summed E-state index contributed by atoms with van der Waals surface area (Å²) in [7, 11) is -2.79. The van der Waals surface area contributed by atoms with E-state index in [1.54, 1.807) is 37.3 Å². The van der Waals surface area contributed by atoms with Gasteiger partial charge in [0, 0.05) is 29.2 Å². The number of amides is 2. The van der Waals surface area contributed by atoms with Gasteiger partial charge in [0.2, 0.25) is 11.8 Å². The molecule has 1 N–H and O–H groups in total. The molecular weight excluding hydrogens is 604 g/mol. The predicted molar refractivity (Wildman–Crippen MR) is 157 cm³/mol. The fourth-order valence-electron chi connectivity index (χ4n) is 3.95. The second-order valence-electron chi connectivity index (χ2n) is 8.68. The van der Waals surface area contributed by atoms with Crippen LogP contribution in [0.25, 0.3) is 0 Å². The Kier molecular flexibility index (Phi) is 10.5. The molecule has 0 saturated carbocycles. The molecule has 0 unspecified atom stereocenters. The van der Waals surface area contributed by atoms with Crippen LogP contribution >= 0.6 is 46.4 Å². The Morgan fingerprint density at radius 3 is 2.05 bits per heavy atom. The largest absolute Gasteiger partial charge is 0.357 e. The molecule has 2 amide bonds. The van der Waals surface area contributed by atoms with Crippen molar-refractivity contribution in [3.63, 3.8) is 0 Å². The highest BCUT2D eigenvalue weighted by atomic mass is 35.5. The van der Waals surface area contributed by atoms with Crippen molar-refractivity contribution in [2.45, 2.75) is 37.8 Å². The Bertz CT molecular complexity index is 1450. The summed E-state index contributed by atoms with van der Waals surface area (Å²) in [6.45, 7) is 2.82. The summed E-state index contributed by atoms with van der Waals surface area (Å²) in [6.07, 6.45) is 0.255. The minimum Gasteiger partial charge on any atom is -0.357 e. The number of sulfonamides is 1. The zero-order valence-electron chi connectivity index (χ0n) is 21.4. The van der Waals surface area contributed by atoms with Crippen molar-refractivity contribution in [1.29, 1.82) is 0 Å².